The maximum Gasteiger partial charge on any atom is 0.266 e. The molecule has 4 rings (SSSR count). The normalized spacial score (nSPS) is 22.7. The minimum Gasteiger partial charge on any atom is -0.323 e. The minimum atomic E-state index is -1.05. The first-order chi connectivity index (χ1) is 11.5. The molecule has 1 unspecified atom stereocenters. The lowest BCUT2D eigenvalue weighted by Crippen LogP contribution is -2.54. The number of benzene rings is 2. The van der Waals surface area contributed by atoms with Gasteiger partial charge >= 0.3 is 0 Å². The minimum absolute atomic E-state index is 0.0550. The Labute approximate surface area is 149 Å². The van der Waals surface area contributed by atoms with Crippen LogP contribution >= 0.6 is 23.4 Å². The molecule has 122 valence electrons. The van der Waals surface area contributed by atoms with Gasteiger partial charge in [0.15, 0.2) is 0 Å². The summed E-state index contributed by atoms with van der Waals surface area (Å²) in [5.74, 6) is 0.390. The lowest BCUT2D eigenvalue weighted by atomic mass is 10.0. The van der Waals surface area contributed by atoms with E-state index < -0.39 is 4.87 Å². The van der Waals surface area contributed by atoms with Gasteiger partial charge in [0.2, 0.25) is 10.8 Å². The maximum absolute atomic E-state index is 13.0. The molecule has 0 bridgehead atoms. The quantitative estimate of drug-likeness (QED) is 0.840. The van der Waals surface area contributed by atoms with Crippen molar-refractivity contribution in [2.75, 3.05) is 16.0 Å². The molecule has 2 heterocycles. The van der Waals surface area contributed by atoms with Gasteiger partial charge in [-0.05, 0) is 37.3 Å². The van der Waals surface area contributed by atoms with Crippen LogP contribution in [0.5, 0.6) is 0 Å². The van der Waals surface area contributed by atoms with E-state index in [-0.39, 0.29) is 11.8 Å². The van der Waals surface area contributed by atoms with Crippen molar-refractivity contribution in [1.29, 1.82) is 0 Å². The molecule has 0 aromatic heterocycles. The van der Waals surface area contributed by atoms with Crippen molar-refractivity contribution in [2.45, 2.75) is 18.2 Å². The summed E-state index contributed by atoms with van der Waals surface area (Å²) in [5, 5.41) is 3.53. The van der Waals surface area contributed by atoms with Gasteiger partial charge in [-0.15, -0.1) is 11.8 Å². The van der Waals surface area contributed by atoms with E-state index in [1.165, 1.54) is 11.8 Å². The fourth-order valence-corrected chi connectivity index (χ4v) is 4.84. The predicted molar refractivity (Wildman–Crippen MR) is 97.5 cm³/mol. The molecule has 0 radical (unpaired) electrons. The van der Waals surface area contributed by atoms with Crippen LogP contribution in [0, 0.1) is 6.92 Å². The van der Waals surface area contributed by atoms with Crippen molar-refractivity contribution in [1.82, 2.24) is 0 Å². The van der Waals surface area contributed by atoms with E-state index in [1.54, 1.807) is 29.2 Å². The molecule has 2 aliphatic heterocycles. The summed E-state index contributed by atoms with van der Waals surface area (Å²) < 4.78 is 0. The van der Waals surface area contributed by atoms with Gasteiger partial charge in [0.05, 0.1) is 0 Å². The van der Waals surface area contributed by atoms with Gasteiger partial charge in [-0.3, -0.25) is 14.5 Å². The molecule has 0 saturated carbocycles. The third kappa shape index (κ3) is 2.15. The van der Waals surface area contributed by atoms with E-state index in [0.717, 1.165) is 16.8 Å². The number of nitrogens with zero attached hydrogens (tertiary/aromatic N) is 1. The highest BCUT2D eigenvalue weighted by Gasteiger charge is 2.56. The molecule has 1 N–H and O–H groups in total. The molecule has 24 heavy (non-hydrogen) atoms. The van der Waals surface area contributed by atoms with Crippen LogP contribution in [0.4, 0.5) is 11.4 Å². The summed E-state index contributed by atoms with van der Waals surface area (Å²) in [6.07, 6.45) is 0.406. The Bertz CT molecular complexity index is 853. The van der Waals surface area contributed by atoms with Crippen LogP contribution in [0.3, 0.4) is 0 Å². The fourth-order valence-electron chi connectivity index (χ4n) is 3.30. The largest absolute Gasteiger partial charge is 0.323 e. The summed E-state index contributed by atoms with van der Waals surface area (Å²) >= 11 is 7.48. The molecule has 1 spiro atoms. The van der Waals surface area contributed by atoms with Gasteiger partial charge in [0.25, 0.3) is 5.91 Å². The van der Waals surface area contributed by atoms with Gasteiger partial charge in [0.1, 0.15) is 0 Å². The van der Waals surface area contributed by atoms with Gasteiger partial charge in [-0.1, -0.05) is 29.3 Å². The Morgan fingerprint density at radius 2 is 1.92 bits per heavy atom. The van der Waals surface area contributed by atoms with Crippen LogP contribution in [0.15, 0.2) is 42.5 Å². The number of hydrogen-bond acceptors (Lipinski definition) is 3. The number of carbonyl (C=O) groups excluding carboxylic acids is 2. The van der Waals surface area contributed by atoms with E-state index in [9.17, 15) is 9.59 Å². The first-order valence-corrected chi connectivity index (χ1v) is 9.04. The smallest absolute Gasteiger partial charge is 0.266 e. The molecule has 2 aliphatic rings. The highest BCUT2D eigenvalue weighted by molar-refractivity contribution is 8.01. The van der Waals surface area contributed by atoms with Crippen molar-refractivity contribution < 1.29 is 9.59 Å². The van der Waals surface area contributed by atoms with Crippen LogP contribution in [0.25, 0.3) is 0 Å². The lowest BCUT2D eigenvalue weighted by Gasteiger charge is -2.42. The van der Waals surface area contributed by atoms with E-state index in [1.807, 2.05) is 25.1 Å². The first-order valence-electron chi connectivity index (χ1n) is 7.67. The van der Waals surface area contributed by atoms with Gasteiger partial charge in [-0.25, -0.2) is 0 Å². The maximum atomic E-state index is 13.0. The topological polar surface area (TPSA) is 49.4 Å². The summed E-state index contributed by atoms with van der Waals surface area (Å²) in [4.78, 5) is 26.3. The summed E-state index contributed by atoms with van der Waals surface area (Å²) in [6.45, 7) is 1.98. The molecule has 4 nitrogen and oxygen atoms in total. The summed E-state index contributed by atoms with van der Waals surface area (Å²) in [5.41, 5.74) is 3.35. The number of carbonyl (C=O) groups is 2. The molecule has 0 aliphatic carbocycles. The zero-order chi connectivity index (χ0) is 16.9. The van der Waals surface area contributed by atoms with Crippen molar-refractivity contribution in [3.05, 3.63) is 58.6 Å². The average Bonchev–Trinajstić information content (AvgIpc) is 2.82. The van der Waals surface area contributed by atoms with Crippen LogP contribution in [-0.2, 0) is 14.5 Å². The number of hydrogen-bond donors (Lipinski definition) is 1. The van der Waals surface area contributed by atoms with Gasteiger partial charge < -0.3 is 5.32 Å². The number of thioether (sulfide) groups is 1. The molecule has 6 heteroatoms. The van der Waals surface area contributed by atoms with Crippen LogP contribution in [0.1, 0.15) is 17.5 Å². The SMILES string of the molecule is Cc1ccc2c(c1)C1(SCCC(=O)N1c1ccc(Cl)cc1)C(=O)N2. The molecule has 1 atom stereocenters. The van der Waals surface area contributed by atoms with Crippen molar-refractivity contribution in [2.24, 2.45) is 0 Å². The summed E-state index contributed by atoms with van der Waals surface area (Å²) in [7, 11) is 0. The third-order valence-corrected chi connectivity index (χ3v) is 6.04. The molecule has 1 fully saturated rings. The van der Waals surface area contributed by atoms with Crippen LogP contribution in [0.2, 0.25) is 5.02 Å². The van der Waals surface area contributed by atoms with Gasteiger partial charge in [-0.2, -0.15) is 0 Å². The predicted octanol–water partition coefficient (Wildman–Crippen LogP) is 3.92. The number of fused-ring (bicyclic) bond motifs is 2. The van der Waals surface area contributed by atoms with Crippen LogP contribution < -0.4 is 10.2 Å². The Kier molecular flexibility index (Phi) is 3.58. The zero-order valence-electron chi connectivity index (χ0n) is 13.0. The first kappa shape index (κ1) is 15.5. The number of nitrogens with one attached hydrogen (secondary N) is 1. The van der Waals surface area contributed by atoms with Crippen molar-refractivity contribution >= 4 is 46.6 Å². The number of aryl methyl sites for hydroxylation is 1. The molecule has 1 saturated heterocycles. The Balaban J connectivity index is 1.94. The molecular weight excluding hydrogens is 344 g/mol. The Hall–Kier alpha value is -1.98. The Morgan fingerprint density at radius 1 is 1.17 bits per heavy atom. The van der Waals surface area contributed by atoms with Crippen molar-refractivity contribution in [3.8, 4) is 0 Å². The number of amides is 2. The molecule has 2 aromatic rings. The number of halogens is 1. The molecule has 2 aromatic carbocycles. The van der Waals surface area contributed by atoms with Crippen molar-refractivity contribution in [3.63, 3.8) is 0 Å². The number of anilines is 2. The van der Waals surface area contributed by atoms with Crippen LogP contribution in [-0.4, -0.2) is 17.6 Å². The monoisotopic (exact) mass is 358 g/mol. The highest BCUT2D eigenvalue weighted by Crippen LogP contribution is 2.52. The Morgan fingerprint density at radius 3 is 2.67 bits per heavy atom. The zero-order valence-corrected chi connectivity index (χ0v) is 14.6. The second kappa shape index (κ2) is 5.53. The standard InChI is InChI=1S/C18H15ClN2O2S/c1-11-2-7-15-14(10-11)18(17(23)20-15)21(16(22)8-9-24-18)13-5-3-12(19)4-6-13/h2-7,10H,8-9H2,1H3,(H,20,23). The van der Waals surface area contributed by atoms with E-state index in [2.05, 4.69) is 5.32 Å². The average molecular weight is 359 g/mol. The van der Waals surface area contributed by atoms with Gasteiger partial charge in [0, 0.05) is 34.1 Å². The summed E-state index contributed by atoms with van der Waals surface area (Å²) in [6, 6.07) is 12.9. The molecule has 2 amide bonds. The van der Waals surface area contributed by atoms with E-state index in [0.29, 0.717) is 22.9 Å². The lowest BCUT2D eigenvalue weighted by molar-refractivity contribution is -0.124. The fraction of sp³-hybridized carbons (Fsp3) is 0.222. The second-order valence-electron chi connectivity index (χ2n) is 5.95. The molecular formula is C18H15ClN2O2S. The van der Waals surface area contributed by atoms with E-state index >= 15 is 0 Å². The van der Waals surface area contributed by atoms with E-state index in [4.69, 9.17) is 11.6 Å². The third-order valence-electron chi connectivity index (χ3n) is 4.37. The second-order valence-corrected chi connectivity index (χ2v) is 7.68. The highest BCUT2D eigenvalue weighted by atomic mass is 35.5. The number of rotatable bonds is 1.